The lowest BCUT2D eigenvalue weighted by molar-refractivity contribution is -0.118. The Hall–Kier alpha value is -2.17. The van der Waals surface area contributed by atoms with Gasteiger partial charge in [-0.15, -0.1) is 10.2 Å². The zero-order valence-corrected chi connectivity index (χ0v) is 11.9. The van der Waals surface area contributed by atoms with Gasteiger partial charge < -0.3 is 25.5 Å². The molecule has 0 aliphatic rings. The highest BCUT2D eigenvalue weighted by atomic mass is 16.4. The van der Waals surface area contributed by atoms with Crippen molar-refractivity contribution in [1.82, 2.24) is 19.8 Å². The first-order valence-corrected chi connectivity index (χ1v) is 6.96. The second kappa shape index (κ2) is 6.14. The summed E-state index contributed by atoms with van der Waals surface area (Å²) in [5.74, 6) is -0.0811. The smallest absolute Gasteiger partial charge is 0.186 e. The molecule has 0 saturated heterocycles. The Balaban J connectivity index is 2.01. The van der Waals surface area contributed by atoms with E-state index in [-0.39, 0.29) is 5.82 Å². The van der Waals surface area contributed by atoms with Gasteiger partial charge in [0, 0.05) is 10.8 Å². The van der Waals surface area contributed by atoms with Crippen LogP contribution in [0.4, 0.5) is 0 Å². The van der Waals surface area contributed by atoms with Crippen LogP contribution in [-0.4, -0.2) is 70.3 Å². The monoisotopic (exact) mass is 320 g/mol. The molecule has 0 fully saturated rings. The Labute approximate surface area is 130 Å². The molecule has 0 aliphatic heterocycles. The number of fused-ring (bicyclic) bond motifs is 3. The largest absolute Gasteiger partial charge is 0.394 e. The van der Waals surface area contributed by atoms with Crippen molar-refractivity contribution in [3.05, 3.63) is 36.3 Å². The SMILES string of the molecule is OC[C@@H](O)[C@@H](O)[C@H](O)[C@@H](O)c1nnc2c3ccccc3cnn12. The summed E-state index contributed by atoms with van der Waals surface area (Å²) in [5.41, 5.74) is 0.390. The second-order valence-electron chi connectivity index (χ2n) is 5.20. The minimum absolute atomic E-state index is 0.0811. The van der Waals surface area contributed by atoms with E-state index in [4.69, 9.17) is 5.11 Å². The number of hydrogen-bond donors (Lipinski definition) is 5. The number of rotatable bonds is 5. The number of nitrogens with zero attached hydrogens (tertiary/aromatic N) is 4. The van der Waals surface area contributed by atoms with E-state index in [2.05, 4.69) is 15.3 Å². The van der Waals surface area contributed by atoms with Crippen molar-refractivity contribution in [2.45, 2.75) is 24.4 Å². The minimum atomic E-state index is -1.77. The highest BCUT2D eigenvalue weighted by Gasteiger charge is 2.34. The van der Waals surface area contributed by atoms with Crippen molar-refractivity contribution in [2.24, 2.45) is 0 Å². The average Bonchev–Trinajstić information content (AvgIpc) is 3.03. The van der Waals surface area contributed by atoms with Crippen LogP contribution in [0, 0.1) is 0 Å². The summed E-state index contributed by atoms with van der Waals surface area (Å²) in [5, 5.41) is 61.5. The molecular weight excluding hydrogens is 304 g/mol. The van der Waals surface area contributed by atoms with Gasteiger partial charge in [0.05, 0.1) is 12.8 Å². The van der Waals surface area contributed by atoms with Gasteiger partial charge in [0.15, 0.2) is 11.5 Å². The van der Waals surface area contributed by atoms with Crippen LogP contribution in [0.15, 0.2) is 30.5 Å². The topological polar surface area (TPSA) is 144 Å². The molecule has 9 nitrogen and oxygen atoms in total. The summed E-state index contributed by atoms with van der Waals surface area (Å²) in [4.78, 5) is 0. The fourth-order valence-electron chi connectivity index (χ4n) is 2.37. The fourth-order valence-corrected chi connectivity index (χ4v) is 2.37. The van der Waals surface area contributed by atoms with Crippen molar-refractivity contribution in [3.63, 3.8) is 0 Å². The van der Waals surface area contributed by atoms with E-state index in [1.165, 1.54) is 4.52 Å². The molecule has 23 heavy (non-hydrogen) atoms. The third-order valence-electron chi connectivity index (χ3n) is 3.70. The summed E-state index contributed by atoms with van der Waals surface area (Å²) >= 11 is 0. The predicted molar refractivity (Wildman–Crippen MR) is 78.4 cm³/mol. The molecule has 0 spiro atoms. The zero-order chi connectivity index (χ0) is 16.6. The highest BCUT2D eigenvalue weighted by molar-refractivity contribution is 5.92. The minimum Gasteiger partial charge on any atom is -0.394 e. The van der Waals surface area contributed by atoms with Crippen molar-refractivity contribution in [2.75, 3.05) is 6.61 Å². The summed E-state index contributed by atoms with van der Waals surface area (Å²) in [6.07, 6.45) is -5.18. The number of aromatic nitrogens is 4. The van der Waals surface area contributed by atoms with Crippen LogP contribution in [0.3, 0.4) is 0 Å². The highest BCUT2D eigenvalue weighted by Crippen LogP contribution is 2.22. The number of hydrogen-bond acceptors (Lipinski definition) is 8. The Bertz CT molecular complexity index is 823. The maximum absolute atomic E-state index is 10.2. The lowest BCUT2D eigenvalue weighted by Gasteiger charge is -2.24. The quantitative estimate of drug-likeness (QED) is 0.377. The molecule has 3 aromatic rings. The molecule has 1 aromatic carbocycles. The Kier molecular flexibility index (Phi) is 4.20. The molecule has 0 bridgehead atoms. The maximum atomic E-state index is 10.2. The standard InChI is InChI=1S/C14H16N4O5/c19-6-9(20)10(21)11(22)12(23)14-17-16-13-8-4-2-1-3-7(8)5-15-18(13)14/h1-5,9-12,19-23H,6H2/t9-,10-,11+,12-/m1/s1. The van der Waals surface area contributed by atoms with E-state index in [0.29, 0.717) is 5.65 Å². The third-order valence-corrected chi connectivity index (χ3v) is 3.70. The van der Waals surface area contributed by atoms with Crippen molar-refractivity contribution in [1.29, 1.82) is 0 Å². The summed E-state index contributed by atoms with van der Waals surface area (Å²) < 4.78 is 1.26. The van der Waals surface area contributed by atoms with Gasteiger partial charge >= 0.3 is 0 Å². The normalized spacial score (nSPS) is 17.3. The molecular formula is C14H16N4O5. The number of aliphatic hydroxyl groups is 5. The molecule has 2 heterocycles. The zero-order valence-electron chi connectivity index (χ0n) is 11.9. The second-order valence-corrected chi connectivity index (χ2v) is 5.20. The first-order valence-electron chi connectivity index (χ1n) is 6.96. The van der Waals surface area contributed by atoms with Gasteiger partial charge in [-0.25, -0.2) is 0 Å². The molecule has 5 N–H and O–H groups in total. The molecule has 0 saturated carbocycles. The van der Waals surface area contributed by atoms with E-state index >= 15 is 0 Å². The fraction of sp³-hybridized carbons (Fsp3) is 0.357. The summed E-state index contributed by atoms with van der Waals surface area (Å²) in [7, 11) is 0. The van der Waals surface area contributed by atoms with Crippen LogP contribution in [0.25, 0.3) is 16.4 Å². The average molecular weight is 320 g/mol. The van der Waals surface area contributed by atoms with Gasteiger partial charge in [0.1, 0.15) is 24.4 Å². The van der Waals surface area contributed by atoms with Gasteiger partial charge in [-0.1, -0.05) is 24.3 Å². The Morgan fingerprint density at radius 3 is 2.48 bits per heavy atom. The molecule has 0 amide bonds. The van der Waals surface area contributed by atoms with Gasteiger partial charge in [-0.2, -0.15) is 9.61 Å². The molecule has 0 radical (unpaired) electrons. The van der Waals surface area contributed by atoms with Crippen LogP contribution < -0.4 is 0 Å². The molecule has 0 aliphatic carbocycles. The van der Waals surface area contributed by atoms with Gasteiger partial charge in [0.2, 0.25) is 0 Å². The van der Waals surface area contributed by atoms with Crippen LogP contribution in [0.1, 0.15) is 11.9 Å². The number of aliphatic hydroxyl groups excluding tert-OH is 5. The lowest BCUT2D eigenvalue weighted by Crippen LogP contribution is -2.43. The van der Waals surface area contributed by atoms with E-state index < -0.39 is 31.0 Å². The van der Waals surface area contributed by atoms with Crippen molar-refractivity contribution in [3.8, 4) is 0 Å². The van der Waals surface area contributed by atoms with E-state index in [9.17, 15) is 20.4 Å². The molecule has 9 heteroatoms. The molecule has 3 rings (SSSR count). The molecule has 4 atom stereocenters. The van der Waals surface area contributed by atoms with E-state index in [0.717, 1.165) is 10.8 Å². The molecule has 0 unspecified atom stereocenters. The van der Waals surface area contributed by atoms with Crippen molar-refractivity contribution < 1.29 is 25.5 Å². The van der Waals surface area contributed by atoms with Crippen LogP contribution >= 0.6 is 0 Å². The maximum Gasteiger partial charge on any atom is 0.186 e. The van der Waals surface area contributed by atoms with Gasteiger partial charge in [0.25, 0.3) is 0 Å². The lowest BCUT2D eigenvalue weighted by atomic mass is 10.0. The molecule has 2 aromatic heterocycles. The predicted octanol–water partition coefficient (Wildman–Crippen LogP) is -1.61. The van der Waals surface area contributed by atoms with Gasteiger partial charge in [-0.3, -0.25) is 0 Å². The number of benzene rings is 1. The van der Waals surface area contributed by atoms with Crippen molar-refractivity contribution >= 4 is 16.4 Å². The first kappa shape index (κ1) is 15.7. The van der Waals surface area contributed by atoms with E-state index in [1.807, 2.05) is 24.3 Å². The van der Waals surface area contributed by atoms with Crippen LogP contribution in [0.2, 0.25) is 0 Å². The first-order chi connectivity index (χ1) is 11.0. The third kappa shape index (κ3) is 2.64. The molecule has 122 valence electrons. The van der Waals surface area contributed by atoms with Crippen LogP contribution in [-0.2, 0) is 0 Å². The Morgan fingerprint density at radius 1 is 1.00 bits per heavy atom. The van der Waals surface area contributed by atoms with Crippen LogP contribution in [0.5, 0.6) is 0 Å². The Morgan fingerprint density at radius 2 is 1.74 bits per heavy atom. The van der Waals surface area contributed by atoms with Gasteiger partial charge in [-0.05, 0) is 0 Å². The summed E-state index contributed by atoms with van der Waals surface area (Å²) in [6.45, 7) is -0.756. The summed E-state index contributed by atoms with van der Waals surface area (Å²) in [6, 6.07) is 7.34. The van der Waals surface area contributed by atoms with E-state index in [1.54, 1.807) is 6.20 Å².